The second-order valence-corrected chi connectivity index (χ2v) is 5.56. The Kier molecular flexibility index (Phi) is 4.20. The molecule has 1 heteroatoms. The molecule has 0 heterocycles. The lowest BCUT2D eigenvalue weighted by Gasteiger charge is -2.27. The Morgan fingerprint density at radius 1 is 0.750 bits per heavy atom. The summed E-state index contributed by atoms with van der Waals surface area (Å²) in [6, 6.07) is 0. The lowest BCUT2D eigenvalue weighted by Crippen LogP contribution is -2.24. The van der Waals surface area contributed by atoms with Crippen molar-refractivity contribution in [2.45, 2.75) is 64.2 Å². The van der Waals surface area contributed by atoms with Crippen molar-refractivity contribution in [3.8, 4) is 0 Å². The van der Waals surface area contributed by atoms with Gasteiger partial charge in [0.2, 0.25) is 0 Å². The van der Waals surface area contributed by atoms with Crippen molar-refractivity contribution in [1.82, 2.24) is 0 Å². The minimum absolute atomic E-state index is 0.322. The molecular formula is C15H24O. The van der Waals surface area contributed by atoms with Gasteiger partial charge < -0.3 is 0 Å². The fourth-order valence-corrected chi connectivity index (χ4v) is 3.28. The van der Waals surface area contributed by atoms with Gasteiger partial charge in [0.1, 0.15) is 0 Å². The fourth-order valence-electron chi connectivity index (χ4n) is 3.28. The van der Waals surface area contributed by atoms with Crippen LogP contribution in [-0.2, 0) is 4.79 Å². The summed E-state index contributed by atoms with van der Waals surface area (Å²) in [5, 5.41) is 0. The van der Waals surface area contributed by atoms with Crippen molar-refractivity contribution in [1.29, 1.82) is 0 Å². The Balaban J connectivity index is 1.89. The van der Waals surface area contributed by atoms with Gasteiger partial charge in [-0.25, -0.2) is 0 Å². The highest BCUT2D eigenvalue weighted by molar-refractivity contribution is 5.97. The molecule has 0 aliphatic heterocycles. The first-order valence-electron chi connectivity index (χ1n) is 7.02. The molecule has 0 unspecified atom stereocenters. The van der Waals surface area contributed by atoms with E-state index >= 15 is 0 Å². The molecule has 2 aliphatic carbocycles. The predicted octanol–water partition coefficient (Wildman–Crippen LogP) is 4.27. The quantitative estimate of drug-likeness (QED) is 0.649. The van der Waals surface area contributed by atoms with E-state index in [1.54, 1.807) is 0 Å². The lowest BCUT2D eigenvalue weighted by atomic mass is 9.77. The van der Waals surface area contributed by atoms with Crippen LogP contribution in [0.1, 0.15) is 64.2 Å². The van der Waals surface area contributed by atoms with Gasteiger partial charge in [0, 0.05) is 5.92 Å². The molecule has 2 aliphatic rings. The number of allylic oxidation sites excluding steroid dienone is 1. The molecule has 0 radical (unpaired) electrons. The molecule has 0 saturated heterocycles. The largest absolute Gasteiger partial charge is 0.294 e. The molecule has 0 N–H and O–H groups in total. The molecular weight excluding hydrogens is 196 g/mol. The van der Waals surface area contributed by atoms with Gasteiger partial charge in [0.05, 0.1) is 0 Å². The zero-order valence-electron chi connectivity index (χ0n) is 10.3. The molecule has 0 aromatic carbocycles. The smallest absolute Gasteiger partial charge is 0.161 e. The Labute approximate surface area is 99.3 Å². The molecule has 2 fully saturated rings. The first-order chi connectivity index (χ1) is 7.79. The zero-order valence-corrected chi connectivity index (χ0v) is 10.3. The second-order valence-electron chi connectivity index (χ2n) is 5.56. The van der Waals surface area contributed by atoms with Gasteiger partial charge >= 0.3 is 0 Å². The van der Waals surface area contributed by atoms with Gasteiger partial charge in [-0.1, -0.05) is 45.1 Å². The maximum absolute atomic E-state index is 12.3. The molecule has 0 atom stereocenters. The Morgan fingerprint density at radius 3 is 1.69 bits per heavy atom. The van der Waals surface area contributed by atoms with Crippen molar-refractivity contribution in [3.05, 3.63) is 12.2 Å². The van der Waals surface area contributed by atoms with Gasteiger partial charge in [-0.2, -0.15) is 0 Å². The molecule has 90 valence electrons. The molecule has 0 spiro atoms. The summed E-state index contributed by atoms with van der Waals surface area (Å²) >= 11 is 0. The zero-order chi connectivity index (χ0) is 11.4. The average Bonchev–Trinajstić information content (AvgIpc) is 2.39. The number of hydrogen-bond acceptors (Lipinski definition) is 1. The summed E-state index contributed by atoms with van der Waals surface area (Å²) in [6.45, 7) is 4.10. The van der Waals surface area contributed by atoms with Crippen LogP contribution in [0.3, 0.4) is 0 Å². The molecule has 2 rings (SSSR count). The molecule has 0 aromatic rings. The van der Waals surface area contributed by atoms with E-state index in [0.717, 1.165) is 18.4 Å². The number of Topliss-reactive ketones (excluding diaryl/α,β-unsaturated/α-hetero) is 1. The maximum Gasteiger partial charge on any atom is 0.161 e. The van der Waals surface area contributed by atoms with E-state index in [9.17, 15) is 4.79 Å². The Bertz CT molecular complexity index is 227. The number of hydrogen-bond donors (Lipinski definition) is 0. The van der Waals surface area contributed by atoms with Crippen LogP contribution in [-0.4, -0.2) is 5.78 Å². The van der Waals surface area contributed by atoms with Crippen LogP contribution in [0.5, 0.6) is 0 Å². The minimum Gasteiger partial charge on any atom is -0.294 e. The van der Waals surface area contributed by atoms with Gasteiger partial charge in [0.25, 0.3) is 0 Å². The minimum atomic E-state index is 0.322. The maximum atomic E-state index is 12.3. The number of rotatable bonds is 3. The van der Waals surface area contributed by atoms with Crippen molar-refractivity contribution in [2.24, 2.45) is 11.8 Å². The van der Waals surface area contributed by atoms with Crippen molar-refractivity contribution >= 4 is 5.78 Å². The summed E-state index contributed by atoms with van der Waals surface area (Å²) in [4.78, 5) is 12.3. The van der Waals surface area contributed by atoms with Gasteiger partial charge in [-0.3, -0.25) is 4.79 Å². The van der Waals surface area contributed by atoms with E-state index in [0.29, 0.717) is 17.6 Å². The third-order valence-electron chi connectivity index (χ3n) is 4.39. The van der Waals surface area contributed by atoms with Crippen LogP contribution in [0.4, 0.5) is 0 Å². The van der Waals surface area contributed by atoms with Gasteiger partial charge in [0.15, 0.2) is 5.78 Å². The topological polar surface area (TPSA) is 17.1 Å². The Hall–Kier alpha value is -0.590. The van der Waals surface area contributed by atoms with E-state index in [2.05, 4.69) is 6.58 Å². The normalized spacial score (nSPS) is 24.2. The molecule has 0 aromatic heterocycles. The fraction of sp³-hybridized carbons (Fsp3) is 0.800. The summed E-state index contributed by atoms with van der Waals surface area (Å²) < 4.78 is 0. The summed E-state index contributed by atoms with van der Waals surface area (Å²) in [6.07, 6.45) is 12.4. The van der Waals surface area contributed by atoms with Gasteiger partial charge in [-0.15, -0.1) is 0 Å². The van der Waals surface area contributed by atoms with Crippen LogP contribution < -0.4 is 0 Å². The summed E-state index contributed by atoms with van der Waals surface area (Å²) in [5.41, 5.74) is 0.964. The van der Waals surface area contributed by atoms with E-state index < -0.39 is 0 Å². The third-order valence-corrected chi connectivity index (χ3v) is 4.39. The molecule has 0 amide bonds. The monoisotopic (exact) mass is 220 g/mol. The SMILES string of the molecule is C=C(C(=O)C1CCCCC1)C1CCCCC1. The van der Waals surface area contributed by atoms with Crippen molar-refractivity contribution < 1.29 is 4.79 Å². The first-order valence-corrected chi connectivity index (χ1v) is 7.02. The van der Waals surface area contributed by atoms with Crippen LogP contribution >= 0.6 is 0 Å². The highest BCUT2D eigenvalue weighted by atomic mass is 16.1. The number of carbonyl (C=O) groups excluding carboxylic acids is 1. The second kappa shape index (κ2) is 5.65. The van der Waals surface area contributed by atoms with Crippen LogP contribution in [0.15, 0.2) is 12.2 Å². The summed E-state index contributed by atoms with van der Waals surface area (Å²) in [7, 11) is 0. The lowest BCUT2D eigenvalue weighted by molar-refractivity contribution is -0.120. The molecule has 0 bridgehead atoms. The van der Waals surface area contributed by atoms with Crippen molar-refractivity contribution in [2.75, 3.05) is 0 Å². The van der Waals surface area contributed by atoms with Crippen LogP contribution in [0.2, 0.25) is 0 Å². The van der Waals surface area contributed by atoms with Gasteiger partial charge in [-0.05, 0) is 37.2 Å². The number of ketones is 1. The van der Waals surface area contributed by atoms with E-state index in [1.165, 1.54) is 51.4 Å². The molecule has 16 heavy (non-hydrogen) atoms. The molecule has 1 nitrogen and oxygen atoms in total. The van der Waals surface area contributed by atoms with Crippen molar-refractivity contribution in [3.63, 3.8) is 0 Å². The van der Waals surface area contributed by atoms with E-state index in [4.69, 9.17) is 0 Å². The highest BCUT2D eigenvalue weighted by Gasteiger charge is 2.27. The summed E-state index contributed by atoms with van der Waals surface area (Å²) in [5.74, 6) is 1.25. The Morgan fingerprint density at radius 2 is 1.19 bits per heavy atom. The number of carbonyl (C=O) groups is 1. The standard InChI is InChI=1S/C15H24O/c1-12(13-8-4-2-5-9-13)15(16)14-10-6-3-7-11-14/h13-14H,1-11H2. The predicted molar refractivity (Wildman–Crippen MR) is 67.3 cm³/mol. The van der Waals surface area contributed by atoms with E-state index in [1.807, 2.05) is 0 Å². The average molecular weight is 220 g/mol. The first kappa shape index (κ1) is 11.9. The molecule has 2 saturated carbocycles. The van der Waals surface area contributed by atoms with Crippen LogP contribution in [0, 0.1) is 11.8 Å². The van der Waals surface area contributed by atoms with E-state index in [-0.39, 0.29) is 0 Å². The third kappa shape index (κ3) is 2.75. The van der Waals surface area contributed by atoms with Crippen LogP contribution in [0.25, 0.3) is 0 Å². The highest BCUT2D eigenvalue weighted by Crippen LogP contribution is 2.33.